The van der Waals surface area contributed by atoms with E-state index in [0.717, 1.165) is 0 Å². The Bertz CT molecular complexity index is 220. The molecular formula is C7H11F3N2S. The molecular weight excluding hydrogens is 201 g/mol. The van der Waals surface area contributed by atoms with Gasteiger partial charge in [-0.25, -0.2) is 4.99 Å². The van der Waals surface area contributed by atoms with Gasteiger partial charge in [0.1, 0.15) is 5.82 Å². The van der Waals surface area contributed by atoms with Gasteiger partial charge < -0.3 is 5.73 Å². The summed E-state index contributed by atoms with van der Waals surface area (Å²) >= 11 is 0.535. The third-order valence-corrected chi connectivity index (χ3v) is 1.79. The third kappa shape index (κ3) is 4.82. The number of aliphatic imine (C=N–C) groups is 1. The summed E-state index contributed by atoms with van der Waals surface area (Å²) in [5, 5.41) is -0.922. The van der Waals surface area contributed by atoms with Crippen molar-refractivity contribution < 1.29 is 13.2 Å². The molecule has 0 fully saturated rings. The van der Waals surface area contributed by atoms with E-state index in [1.54, 1.807) is 6.92 Å². The van der Waals surface area contributed by atoms with Crippen LogP contribution in [0.2, 0.25) is 0 Å². The van der Waals surface area contributed by atoms with Crippen molar-refractivity contribution in [1.29, 1.82) is 0 Å². The first-order chi connectivity index (χ1) is 5.91. The van der Waals surface area contributed by atoms with Crippen LogP contribution in [0.25, 0.3) is 0 Å². The van der Waals surface area contributed by atoms with Gasteiger partial charge in [-0.1, -0.05) is 6.92 Å². The van der Waals surface area contributed by atoms with E-state index in [1.165, 1.54) is 12.3 Å². The zero-order chi connectivity index (χ0) is 10.5. The maximum atomic E-state index is 12.1. The highest BCUT2D eigenvalue weighted by Gasteiger charge is 2.35. The van der Waals surface area contributed by atoms with E-state index in [0.29, 0.717) is 18.2 Å². The van der Waals surface area contributed by atoms with Gasteiger partial charge in [-0.2, -0.15) is 13.2 Å². The number of alkyl halides is 3. The van der Waals surface area contributed by atoms with Crippen molar-refractivity contribution in [2.24, 2.45) is 10.7 Å². The monoisotopic (exact) mass is 212 g/mol. The van der Waals surface area contributed by atoms with Crippen LogP contribution >= 0.6 is 11.8 Å². The summed E-state index contributed by atoms with van der Waals surface area (Å²) in [5.41, 5.74) is 5.22. The number of nitrogens with two attached hydrogens (primary N) is 1. The van der Waals surface area contributed by atoms with E-state index in [-0.39, 0.29) is 5.82 Å². The summed E-state index contributed by atoms with van der Waals surface area (Å²) in [6, 6.07) is 0. The number of rotatable bonds is 2. The Labute approximate surface area is 79.1 Å². The van der Waals surface area contributed by atoms with E-state index in [2.05, 4.69) is 4.99 Å². The van der Waals surface area contributed by atoms with Gasteiger partial charge in [-0.3, -0.25) is 0 Å². The van der Waals surface area contributed by atoms with Crippen molar-refractivity contribution in [2.45, 2.75) is 19.5 Å². The highest BCUT2D eigenvalue weighted by molar-refractivity contribution is 8.13. The van der Waals surface area contributed by atoms with Crippen molar-refractivity contribution in [1.82, 2.24) is 0 Å². The molecule has 76 valence electrons. The van der Waals surface area contributed by atoms with Crippen molar-refractivity contribution >= 4 is 16.8 Å². The van der Waals surface area contributed by atoms with Gasteiger partial charge in [0.05, 0.1) is 0 Å². The smallest absolute Gasteiger partial charge is 0.384 e. The maximum absolute atomic E-state index is 12.1. The van der Waals surface area contributed by atoms with E-state index in [9.17, 15) is 13.2 Å². The van der Waals surface area contributed by atoms with E-state index in [4.69, 9.17) is 5.73 Å². The number of hydrogen-bond donors (Lipinski definition) is 1. The Morgan fingerprint density at radius 3 is 2.38 bits per heavy atom. The van der Waals surface area contributed by atoms with Crippen LogP contribution in [0.5, 0.6) is 0 Å². The SMILES string of the molecule is CC/C=C(\N)N=C(SC)C(F)(F)F. The van der Waals surface area contributed by atoms with Gasteiger partial charge >= 0.3 is 6.18 Å². The first-order valence-corrected chi connectivity index (χ1v) is 4.79. The number of allylic oxidation sites excluding steroid dienone is 1. The fourth-order valence-electron chi connectivity index (χ4n) is 0.597. The van der Waals surface area contributed by atoms with Crippen molar-refractivity contribution in [3.05, 3.63) is 11.9 Å². The lowest BCUT2D eigenvalue weighted by Crippen LogP contribution is -2.20. The molecule has 2 N–H and O–H groups in total. The zero-order valence-corrected chi connectivity index (χ0v) is 8.17. The fraction of sp³-hybridized carbons (Fsp3) is 0.571. The number of nitrogens with zero attached hydrogens (tertiary/aromatic N) is 1. The molecule has 0 rings (SSSR count). The highest BCUT2D eigenvalue weighted by Crippen LogP contribution is 2.24. The van der Waals surface area contributed by atoms with Crippen LogP contribution in [0.1, 0.15) is 13.3 Å². The van der Waals surface area contributed by atoms with Gasteiger partial charge in [0.15, 0.2) is 5.04 Å². The van der Waals surface area contributed by atoms with E-state index in [1.807, 2.05) is 0 Å². The van der Waals surface area contributed by atoms with E-state index >= 15 is 0 Å². The van der Waals surface area contributed by atoms with Crippen molar-refractivity contribution in [3.63, 3.8) is 0 Å². The molecule has 0 saturated carbocycles. The van der Waals surface area contributed by atoms with Crippen LogP contribution in [0.4, 0.5) is 13.2 Å². The lowest BCUT2D eigenvalue weighted by atomic mass is 10.4. The molecule has 6 heteroatoms. The minimum Gasteiger partial charge on any atom is -0.384 e. The number of hydrogen-bond acceptors (Lipinski definition) is 3. The maximum Gasteiger partial charge on any atom is 0.439 e. The Balaban J connectivity index is 4.67. The van der Waals surface area contributed by atoms with Crippen LogP contribution in [-0.2, 0) is 0 Å². The number of thioether (sulfide) groups is 1. The molecule has 2 nitrogen and oxygen atoms in total. The molecule has 0 radical (unpaired) electrons. The molecule has 0 unspecified atom stereocenters. The molecule has 0 aromatic heterocycles. The lowest BCUT2D eigenvalue weighted by Gasteiger charge is -2.06. The Morgan fingerprint density at radius 1 is 1.54 bits per heavy atom. The van der Waals surface area contributed by atoms with Crippen molar-refractivity contribution in [2.75, 3.05) is 6.26 Å². The molecule has 0 aromatic carbocycles. The average molecular weight is 212 g/mol. The Hall–Kier alpha value is -0.650. The predicted octanol–water partition coefficient (Wildman–Crippen LogP) is 2.52. The molecule has 0 aliphatic carbocycles. The summed E-state index contributed by atoms with van der Waals surface area (Å²) in [6.07, 6.45) is -1.10. The number of halogens is 3. The Morgan fingerprint density at radius 2 is 2.08 bits per heavy atom. The molecule has 0 aliphatic heterocycles. The summed E-state index contributed by atoms with van der Waals surface area (Å²) in [4.78, 5) is 3.25. The van der Waals surface area contributed by atoms with E-state index < -0.39 is 11.2 Å². The minimum absolute atomic E-state index is 0.0934. The van der Waals surface area contributed by atoms with Crippen LogP contribution < -0.4 is 5.73 Å². The molecule has 0 spiro atoms. The first-order valence-electron chi connectivity index (χ1n) is 3.57. The molecule has 0 heterocycles. The van der Waals surface area contributed by atoms with Crippen molar-refractivity contribution in [3.8, 4) is 0 Å². The fourth-order valence-corrected chi connectivity index (χ4v) is 1.02. The summed E-state index contributed by atoms with van der Waals surface area (Å²) in [7, 11) is 0. The molecule has 0 saturated heterocycles. The van der Waals surface area contributed by atoms with Gasteiger partial charge in [-0.15, -0.1) is 11.8 Å². The van der Waals surface area contributed by atoms with Gasteiger partial charge in [-0.05, 0) is 18.8 Å². The average Bonchev–Trinajstić information content (AvgIpc) is 1.98. The quantitative estimate of drug-likeness (QED) is 0.564. The first kappa shape index (κ1) is 12.3. The third-order valence-electron chi connectivity index (χ3n) is 1.08. The summed E-state index contributed by atoms with van der Waals surface area (Å²) in [5.74, 6) is -0.0934. The second-order valence-electron chi connectivity index (χ2n) is 2.16. The molecule has 0 bridgehead atoms. The topological polar surface area (TPSA) is 38.4 Å². The standard InChI is InChI=1S/C7H11F3N2S/c1-3-4-5(11)12-6(13-2)7(8,9)10/h4H,3,11H2,1-2H3/b5-4+,12-6?. The van der Waals surface area contributed by atoms with Crippen LogP contribution in [0.15, 0.2) is 16.9 Å². The molecule has 0 atom stereocenters. The largest absolute Gasteiger partial charge is 0.439 e. The molecule has 0 aromatic rings. The second-order valence-corrected chi connectivity index (χ2v) is 2.95. The Kier molecular flexibility index (Phi) is 4.90. The molecule has 0 aliphatic rings. The van der Waals surface area contributed by atoms with Crippen LogP contribution in [-0.4, -0.2) is 17.5 Å². The van der Waals surface area contributed by atoms with Crippen LogP contribution in [0.3, 0.4) is 0 Å². The lowest BCUT2D eigenvalue weighted by molar-refractivity contribution is -0.0554. The molecule has 0 amide bonds. The second kappa shape index (κ2) is 5.16. The van der Waals surface area contributed by atoms with Gasteiger partial charge in [0.2, 0.25) is 0 Å². The van der Waals surface area contributed by atoms with Gasteiger partial charge in [0, 0.05) is 0 Å². The molecule has 13 heavy (non-hydrogen) atoms. The summed E-state index contributed by atoms with van der Waals surface area (Å²) in [6.45, 7) is 1.77. The highest BCUT2D eigenvalue weighted by atomic mass is 32.2. The van der Waals surface area contributed by atoms with Crippen LogP contribution in [0, 0.1) is 0 Å². The summed E-state index contributed by atoms with van der Waals surface area (Å²) < 4.78 is 36.3. The zero-order valence-electron chi connectivity index (χ0n) is 7.35. The van der Waals surface area contributed by atoms with Gasteiger partial charge in [0.25, 0.3) is 0 Å². The minimum atomic E-state index is -4.41. The normalized spacial score (nSPS) is 14.8. The predicted molar refractivity (Wildman–Crippen MR) is 49.6 cm³/mol.